The van der Waals surface area contributed by atoms with E-state index >= 15 is 0 Å². The zero-order chi connectivity index (χ0) is 8.55. The van der Waals surface area contributed by atoms with Gasteiger partial charge in [-0.3, -0.25) is 0 Å². The minimum Gasteiger partial charge on any atom is -0.487 e. The SMILES string of the molecule is OC[C@H]1Cc2cc(Cl)ccc2O1. The van der Waals surface area contributed by atoms with Crippen molar-refractivity contribution in [1.82, 2.24) is 0 Å². The molecule has 0 amide bonds. The molecule has 0 saturated carbocycles. The second kappa shape index (κ2) is 2.96. The van der Waals surface area contributed by atoms with Gasteiger partial charge in [-0.1, -0.05) is 11.6 Å². The third kappa shape index (κ3) is 1.28. The molecule has 1 heterocycles. The normalized spacial score (nSPS) is 20.3. The number of fused-ring (bicyclic) bond motifs is 1. The van der Waals surface area contributed by atoms with Gasteiger partial charge >= 0.3 is 0 Å². The van der Waals surface area contributed by atoms with Crippen molar-refractivity contribution < 1.29 is 9.84 Å². The van der Waals surface area contributed by atoms with Crippen LogP contribution in [0, 0.1) is 0 Å². The summed E-state index contributed by atoms with van der Waals surface area (Å²) in [5.41, 5.74) is 1.08. The molecule has 0 radical (unpaired) electrons. The number of rotatable bonds is 1. The largest absolute Gasteiger partial charge is 0.487 e. The first-order valence-corrected chi connectivity index (χ1v) is 4.23. The van der Waals surface area contributed by atoms with E-state index < -0.39 is 0 Å². The Morgan fingerprint density at radius 3 is 3.17 bits per heavy atom. The molecule has 2 nitrogen and oxygen atoms in total. The van der Waals surface area contributed by atoms with Gasteiger partial charge in [0, 0.05) is 11.4 Å². The second-order valence-corrected chi connectivity index (χ2v) is 3.32. The molecule has 64 valence electrons. The topological polar surface area (TPSA) is 29.5 Å². The van der Waals surface area contributed by atoms with Crippen molar-refractivity contribution in [2.75, 3.05) is 6.61 Å². The number of hydrogen-bond donors (Lipinski definition) is 1. The Morgan fingerprint density at radius 2 is 2.42 bits per heavy atom. The standard InChI is InChI=1S/C9H9ClO2/c10-7-1-2-9-6(3-7)4-8(5-11)12-9/h1-3,8,11H,4-5H2/t8-/m1/s1. The fourth-order valence-corrected chi connectivity index (χ4v) is 1.59. The van der Waals surface area contributed by atoms with Crippen LogP contribution < -0.4 is 4.74 Å². The maximum Gasteiger partial charge on any atom is 0.126 e. The summed E-state index contributed by atoms with van der Waals surface area (Å²) in [6.45, 7) is 0.0618. The Labute approximate surface area is 75.7 Å². The number of ether oxygens (including phenoxy) is 1. The summed E-state index contributed by atoms with van der Waals surface area (Å²) < 4.78 is 5.40. The molecule has 0 unspecified atom stereocenters. The zero-order valence-electron chi connectivity index (χ0n) is 6.46. The van der Waals surface area contributed by atoms with Crippen LogP contribution in [0.15, 0.2) is 18.2 Å². The summed E-state index contributed by atoms with van der Waals surface area (Å²) in [5.74, 6) is 0.846. The molecule has 0 aromatic heterocycles. The maximum absolute atomic E-state index is 8.85. The quantitative estimate of drug-likeness (QED) is 0.719. The molecule has 0 aliphatic carbocycles. The molecular formula is C9H9ClO2. The van der Waals surface area contributed by atoms with Gasteiger partial charge in [-0.05, 0) is 23.8 Å². The summed E-state index contributed by atoms with van der Waals surface area (Å²) >= 11 is 5.80. The van der Waals surface area contributed by atoms with E-state index in [1.807, 2.05) is 12.1 Å². The molecule has 0 spiro atoms. The fourth-order valence-electron chi connectivity index (χ4n) is 1.39. The van der Waals surface area contributed by atoms with Gasteiger partial charge in [0.25, 0.3) is 0 Å². The number of aliphatic hydroxyl groups is 1. The van der Waals surface area contributed by atoms with Crippen molar-refractivity contribution in [3.8, 4) is 5.75 Å². The fraction of sp³-hybridized carbons (Fsp3) is 0.333. The highest BCUT2D eigenvalue weighted by atomic mass is 35.5. The van der Waals surface area contributed by atoms with Gasteiger partial charge in [-0.15, -0.1) is 0 Å². The van der Waals surface area contributed by atoms with E-state index in [1.54, 1.807) is 6.07 Å². The van der Waals surface area contributed by atoms with Crippen molar-refractivity contribution in [2.24, 2.45) is 0 Å². The van der Waals surface area contributed by atoms with E-state index in [9.17, 15) is 0 Å². The highest BCUT2D eigenvalue weighted by Crippen LogP contribution is 2.30. The number of aliphatic hydroxyl groups excluding tert-OH is 1. The second-order valence-electron chi connectivity index (χ2n) is 2.88. The van der Waals surface area contributed by atoms with Crippen LogP contribution in [0.3, 0.4) is 0 Å². The van der Waals surface area contributed by atoms with Crippen LogP contribution >= 0.6 is 11.6 Å². The van der Waals surface area contributed by atoms with Crippen LogP contribution in [0.2, 0.25) is 5.02 Å². The first-order chi connectivity index (χ1) is 5.79. The first-order valence-electron chi connectivity index (χ1n) is 3.85. The molecule has 0 saturated heterocycles. The molecule has 2 rings (SSSR count). The smallest absolute Gasteiger partial charge is 0.126 e. The summed E-state index contributed by atoms with van der Waals surface area (Å²) in [5, 5.41) is 9.57. The summed E-state index contributed by atoms with van der Waals surface area (Å²) in [6, 6.07) is 5.51. The van der Waals surface area contributed by atoms with Crippen LogP contribution in [0.5, 0.6) is 5.75 Å². The molecule has 3 heteroatoms. The molecular weight excluding hydrogens is 176 g/mol. The summed E-state index contributed by atoms with van der Waals surface area (Å²) in [6.07, 6.45) is 0.672. The Bertz CT molecular complexity index is 299. The lowest BCUT2D eigenvalue weighted by atomic mass is 10.1. The Balaban J connectivity index is 2.30. The number of benzene rings is 1. The number of hydrogen-bond acceptors (Lipinski definition) is 2. The highest BCUT2D eigenvalue weighted by Gasteiger charge is 2.21. The van der Waals surface area contributed by atoms with E-state index in [-0.39, 0.29) is 12.7 Å². The number of halogens is 1. The molecule has 1 aliphatic heterocycles. The molecule has 12 heavy (non-hydrogen) atoms. The van der Waals surface area contributed by atoms with Crippen molar-refractivity contribution in [2.45, 2.75) is 12.5 Å². The van der Waals surface area contributed by atoms with Crippen molar-refractivity contribution in [3.63, 3.8) is 0 Å². The van der Waals surface area contributed by atoms with Crippen LogP contribution in [-0.4, -0.2) is 17.8 Å². The zero-order valence-corrected chi connectivity index (χ0v) is 7.21. The third-order valence-electron chi connectivity index (χ3n) is 1.97. The minimum absolute atomic E-state index is 0.0618. The van der Waals surface area contributed by atoms with Crippen LogP contribution in [0.4, 0.5) is 0 Å². The molecule has 1 aromatic rings. The van der Waals surface area contributed by atoms with E-state index in [4.69, 9.17) is 21.4 Å². The molecule has 1 aliphatic rings. The van der Waals surface area contributed by atoms with Gasteiger partial charge in [0.15, 0.2) is 0 Å². The summed E-state index contributed by atoms with van der Waals surface area (Å²) in [4.78, 5) is 0. The van der Waals surface area contributed by atoms with E-state index in [0.29, 0.717) is 0 Å². The monoisotopic (exact) mass is 184 g/mol. The van der Waals surface area contributed by atoms with Crippen LogP contribution in [-0.2, 0) is 6.42 Å². The van der Waals surface area contributed by atoms with Crippen molar-refractivity contribution in [1.29, 1.82) is 0 Å². The van der Waals surface area contributed by atoms with Crippen molar-refractivity contribution in [3.05, 3.63) is 28.8 Å². The average Bonchev–Trinajstić information content (AvgIpc) is 2.46. The third-order valence-corrected chi connectivity index (χ3v) is 2.20. The predicted molar refractivity (Wildman–Crippen MR) is 46.7 cm³/mol. The van der Waals surface area contributed by atoms with E-state index in [1.165, 1.54) is 0 Å². The first kappa shape index (κ1) is 7.90. The van der Waals surface area contributed by atoms with Gasteiger partial charge in [-0.2, -0.15) is 0 Å². The maximum atomic E-state index is 8.85. The van der Waals surface area contributed by atoms with Crippen molar-refractivity contribution >= 4 is 11.6 Å². The lowest BCUT2D eigenvalue weighted by molar-refractivity contribution is 0.134. The lowest BCUT2D eigenvalue weighted by Gasteiger charge is -2.04. The molecule has 0 fully saturated rings. The molecule has 1 aromatic carbocycles. The van der Waals surface area contributed by atoms with Gasteiger partial charge < -0.3 is 9.84 Å². The Morgan fingerprint density at radius 1 is 1.58 bits per heavy atom. The molecule has 1 atom stereocenters. The average molecular weight is 185 g/mol. The van der Waals surface area contributed by atoms with E-state index in [0.717, 1.165) is 22.8 Å². The van der Waals surface area contributed by atoms with Gasteiger partial charge in [0.1, 0.15) is 11.9 Å². The van der Waals surface area contributed by atoms with Crippen LogP contribution in [0.25, 0.3) is 0 Å². The molecule has 0 bridgehead atoms. The Hall–Kier alpha value is -0.730. The van der Waals surface area contributed by atoms with Gasteiger partial charge in [-0.25, -0.2) is 0 Å². The minimum atomic E-state index is -0.0848. The van der Waals surface area contributed by atoms with E-state index in [2.05, 4.69) is 0 Å². The lowest BCUT2D eigenvalue weighted by Crippen LogP contribution is -2.17. The van der Waals surface area contributed by atoms with Gasteiger partial charge in [0.05, 0.1) is 6.61 Å². The molecule has 1 N–H and O–H groups in total. The predicted octanol–water partition coefficient (Wildman–Crippen LogP) is 1.64. The van der Waals surface area contributed by atoms with Gasteiger partial charge in [0.2, 0.25) is 0 Å². The summed E-state index contributed by atoms with van der Waals surface area (Å²) in [7, 11) is 0. The van der Waals surface area contributed by atoms with Crippen LogP contribution in [0.1, 0.15) is 5.56 Å². The Kier molecular flexibility index (Phi) is 1.95. The highest BCUT2D eigenvalue weighted by molar-refractivity contribution is 6.30.